The van der Waals surface area contributed by atoms with E-state index in [2.05, 4.69) is 27.4 Å². The van der Waals surface area contributed by atoms with Crippen LogP contribution < -0.4 is 0 Å². The first kappa shape index (κ1) is 15.7. The van der Waals surface area contributed by atoms with Crippen molar-refractivity contribution < 1.29 is 13.8 Å². The number of hydrogen-bond donors (Lipinski definition) is 0. The minimum atomic E-state index is 0.0893. The van der Waals surface area contributed by atoms with E-state index >= 15 is 0 Å². The van der Waals surface area contributed by atoms with Crippen molar-refractivity contribution in [3.63, 3.8) is 0 Å². The van der Waals surface area contributed by atoms with Crippen molar-refractivity contribution in [2.45, 2.75) is 45.4 Å². The van der Waals surface area contributed by atoms with Gasteiger partial charge in [-0.15, -0.1) is 0 Å². The molecule has 25 heavy (non-hydrogen) atoms. The molecule has 0 spiro atoms. The number of aryl methyl sites for hydroxylation is 3. The summed E-state index contributed by atoms with van der Waals surface area (Å²) in [5, 5.41) is 7.73. The van der Waals surface area contributed by atoms with Crippen LogP contribution in [0, 0.1) is 6.92 Å². The van der Waals surface area contributed by atoms with Crippen LogP contribution >= 0.6 is 0 Å². The van der Waals surface area contributed by atoms with Gasteiger partial charge < -0.3 is 9.05 Å². The SMILES string of the molecule is CCc1nc(-c2ccc3c(c2)CC[C@H]3CC(=O)c2cnoc2C)no1. The zero-order valence-electron chi connectivity index (χ0n) is 14.3. The number of fused-ring (bicyclic) bond motifs is 1. The zero-order valence-corrected chi connectivity index (χ0v) is 14.3. The molecule has 0 fully saturated rings. The Morgan fingerprint density at radius 1 is 1.32 bits per heavy atom. The molecule has 1 aromatic carbocycles. The minimum absolute atomic E-state index is 0.0893. The fraction of sp³-hybridized carbons (Fsp3) is 0.368. The van der Waals surface area contributed by atoms with Gasteiger partial charge in [0, 0.05) is 18.4 Å². The van der Waals surface area contributed by atoms with Crippen LogP contribution in [0.4, 0.5) is 0 Å². The molecule has 1 aliphatic rings. The summed E-state index contributed by atoms with van der Waals surface area (Å²) in [4.78, 5) is 16.9. The van der Waals surface area contributed by atoms with Gasteiger partial charge in [0.25, 0.3) is 0 Å². The monoisotopic (exact) mass is 337 g/mol. The van der Waals surface area contributed by atoms with Crippen molar-refractivity contribution in [3.05, 3.63) is 52.7 Å². The molecule has 0 aliphatic heterocycles. The average Bonchev–Trinajstić information content (AvgIpc) is 3.34. The van der Waals surface area contributed by atoms with Gasteiger partial charge in [-0.1, -0.05) is 29.4 Å². The van der Waals surface area contributed by atoms with Gasteiger partial charge in [0.15, 0.2) is 5.78 Å². The quantitative estimate of drug-likeness (QED) is 0.657. The smallest absolute Gasteiger partial charge is 0.226 e. The van der Waals surface area contributed by atoms with E-state index in [9.17, 15) is 4.79 Å². The maximum absolute atomic E-state index is 12.5. The highest BCUT2D eigenvalue weighted by Gasteiger charge is 2.27. The highest BCUT2D eigenvalue weighted by molar-refractivity contribution is 5.97. The zero-order chi connectivity index (χ0) is 17.4. The Hall–Kier alpha value is -2.76. The molecule has 3 aromatic rings. The van der Waals surface area contributed by atoms with Crippen LogP contribution in [0.5, 0.6) is 0 Å². The second-order valence-corrected chi connectivity index (χ2v) is 6.44. The van der Waals surface area contributed by atoms with Gasteiger partial charge in [-0.2, -0.15) is 4.98 Å². The van der Waals surface area contributed by atoms with Gasteiger partial charge in [0.05, 0.1) is 11.8 Å². The Morgan fingerprint density at radius 3 is 2.92 bits per heavy atom. The summed E-state index contributed by atoms with van der Waals surface area (Å²) >= 11 is 0. The first-order chi connectivity index (χ1) is 12.2. The fourth-order valence-corrected chi connectivity index (χ4v) is 3.47. The molecule has 1 atom stereocenters. The van der Waals surface area contributed by atoms with Gasteiger partial charge in [-0.05, 0) is 42.9 Å². The molecule has 2 heterocycles. The molecule has 128 valence electrons. The number of carbonyl (C=O) groups is 1. The van der Waals surface area contributed by atoms with E-state index in [-0.39, 0.29) is 11.7 Å². The van der Waals surface area contributed by atoms with Crippen LogP contribution in [0.2, 0.25) is 0 Å². The molecule has 0 amide bonds. The van der Waals surface area contributed by atoms with E-state index in [1.807, 2.05) is 13.0 Å². The Balaban J connectivity index is 1.55. The number of Topliss-reactive ketones (excluding diaryl/α,β-unsaturated/α-hetero) is 1. The van der Waals surface area contributed by atoms with Gasteiger partial charge in [-0.3, -0.25) is 4.79 Å². The summed E-state index contributed by atoms with van der Waals surface area (Å²) in [5.74, 6) is 2.18. The lowest BCUT2D eigenvalue weighted by Crippen LogP contribution is -2.05. The molecule has 0 bridgehead atoms. The van der Waals surface area contributed by atoms with E-state index in [1.54, 1.807) is 6.92 Å². The second kappa shape index (κ2) is 6.27. The van der Waals surface area contributed by atoms with Crippen LogP contribution in [0.15, 0.2) is 33.4 Å². The summed E-state index contributed by atoms with van der Waals surface area (Å²) in [7, 11) is 0. The molecule has 6 heteroatoms. The second-order valence-electron chi connectivity index (χ2n) is 6.44. The summed E-state index contributed by atoms with van der Waals surface area (Å²) in [6.45, 7) is 3.75. The van der Waals surface area contributed by atoms with Crippen LogP contribution in [-0.4, -0.2) is 21.1 Å². The van der Waals surface area contributed by atoms with Crippen molar-refractivity contribution in [2.24, 2.45) is 0 Å². The normalized spacial score (nSPS) is 16.2. The third-order valence-corrected chi connectivity index (χ3v) is 4.86. The molecule has 2 aromatic heterocycles. The number of carbonyl (C=O) groups excluding carboxylic acids is 1. The number of benzene rings is 1. The third kappa shape index (κ3) is 2.88. The first-order valence-corrected chi connectivity index (χ1v) is 8.56. The number of hydrogen-bond acceptors (Lipinski definition) is 6. The number of nitrogens with zero attached hydrogens (tertiary/aromatic N) is 3. The standard InChI is InChI=1S/C19H19N3O3/c1-3-18-21-19(22-25-18)14-6-7-15-12(8-14)4-5-13(15)9-17(23)16-10-20-24-11(16)2/h6-8,10,13H,3-5,9H2,1-2H3/t13-/m0/s1. The highest BCUT2D eigenvalue weighted by atomic mass is 16.5. The number of rotatable bonds is 5. The van der Waals surface area contributed by atoms with E-state index in [0.29, 0.717) is 29.5 Å². The molecule has 0 radical (unpaired) electrons. The third-order valence-electron chi connectivity index (χ3n) is 4.86. The first-order valence-electron chi connectivity index (χ1n) is 8.56. The Kier molecular flexibility index (Phi) is 3.95. The largest absolute Gasteiger partial charge is 0.361 e. The van der Waals surface area contributed by atoms with Crippen molar-refractivity contribution in [2.75, 3.05) is 0 Å². The molecule has 0 N–H and O–H groups in total. The lowest BCUT2D eigenvalue weighted by molar-refractivity contribution is 0.0972. The minimum Gasteiger partial charge on any atom is -0.361 e. The van der Waals surface area contributed by atoms with Crippen LogP contribution in [0.1, 0.15) is 58.8 Å². The summed E-state index contributed by atoms with van der Waals surface area (Å²) in [6, 6.07) is 6.23. The molecule has 6 nitrogen and oxygen atoms in total. The molecule has 1 aliphatic carbocycles. The van der Waals surface area contributed by atoms with E-state index in [4.69, 9.17) is 9.05 Å². The van der Waals surface area contributed by atoms with E-state index < -0.39 is 0 Å². The van der Waals surface area contributed by atoms with Gasteiger partial charge >= 0.3 is 0 Å². The van der Waals surface area contributed by atoms with Crippen molar-refractivity contribution in [1.82, 2.24) is 15.3 Å². The predicted octanol–water partition coefficient (Wildman–Crippen LogP) is 3.90. The summed E-state index contributed by atoms with van der Waals surface area (Å²) in [5.41, 5.74) is 4.05. The highest BCUT2D eigenvalue weighted by Crippen LogP contribution is 2.38. The molecule has 0 saturated carbocycles. The maximum Gasteiger partial charge on any atom is 0.226 e. The lowest BCUT2D eigenvalue weighted by atomic mass is 9.93. The van der Waals surface area contributed by atoms with Crippen LogP contribution in [0.3, 0.4) is 0 Å². The summed E-state index contributed by atoms with van der Waals surface area (Å²) < 4.78 is 10.2. The fourth-order valence-electron chi connectivity index (χ4n) is 3.47. The average molecular weight is 337 g/mol. The maximum atomic E-state index is 12.5. The van der Waals surface area contributed by atoms with Crippen molar-refractivity contribution in [3.8, 4) is 11.4 Å². The van der Waals surface area contributed by atoms with Gasteiger partial charge in [0.1, 0.15) is 5.76 Å². The number of ketones is 1. The van der Waals surface area contributed by atoms with Crippen molar-refractivity contribution in [1.29, 1.82) is 0 Å². The topological polar surface area (TPSA) is 82.0 Å². The Bertz CT molecular complexity index is 926. The van der Waals surface area contributed by atoms with Crippen LogP contribution in [-0.2, 0) is 12.8 Å². The van der Waals surface area contributed by atoms with Crippen LogP contribution in [0.25, 0.3) is 11.4 Å². The summed E-state index contributed by atoms with van der Waals surface area (Å²) in [6.07, 6.45) is 4.66. The molecular weight excluding hydrogens is 318 g/mol. The molecule has 4 rings (SSSR count). The molecule has 0 unspecified atom stereocenters. The van der Waals surface area contributed by atoms with Gasteiger partial charge in [0.2, 0.25) is 11.7 Å². The molecular formula is C19H19N3O3. The molecule has 0 saturated heterocycles. The number of aromatic nitrogens is 3. The Labute approximate surface area is 145 Å². The van der Waals surface area contributed by atoms with Crippen molar-refractivity contribution >= 4 is 5.78 Å². The van der Waals surface area contributed by atoms with Gasteiger partial charge in [-0.25, -0.2) is 0 Å². The Morgan fingerprint density at radius 2 is 2.20 bits per heavy atom. The predicted molar refractivity (Wildman–Crippen MR) is 90.4 cm³/mol. The lowest BCUT2D eigenvalue weighted by Gasteiger charge is -2.10. The van der Waals surface area contributed by atoms with E-state index in [0.717, 1.165) is 24.8 Å². The van der Waals surface area contributed by atoms with E-state index in [1.165, 1.54) is 17.3 Å².